The normalized spacial score (nSPS) is 17.4. The van der Waals surface area contributed by atoms with Crippen molar-refractivity contribution in [2.75, 3.05) is 20.8 Å². The number of hydrogen-bond acceptors (Lipinski definition) is 3. The Bertz CT molecular complexity index is 411. The summed E-state index contributed by atoms with van der Waals surface area (Å²) < 4.78 is 11.7. The first kappa shape index (κ1) is 12.7. The molecular weight excluding hydrogens is 282 g/mol. The molecule has 1 aromatic rings. The topological polar surface area (TPSA) is 44.5 Å². The molecule has 0 atom stereocenters. The Morgan fingerprint density at radius 1 is 1.29 bits per heavy atom. The van der Waals surface area contributed by atoms with Crippen LogP contribution in [0.3, 0.4) is 0 Å². The van der Waals surface area contributed by atoms with Gasteiger partial charge in [0, 0.05) is 17.5 Å². The molecule has 2 rings (SSSR count). The van der Waals surface area contributed by atoms with Crippen molar-refractivity contribution >= 4 is 15.9 Å². The average Bonchev–Trinajstić information content (AvgIpc) is 2.28. The van der Waals surface area contributed by atoms with Crippen LogP contribution in [0.2, 0.25) is 0 Å². The Kier molecular flexibility index (Phi) is 3.64. The first-order chi connectivity index (χ1) is 8.16. The molecule has 1 aliphatic carbocycles. The van der Waals surface area contributed by atoms with Crippen molar-refractivity contribution in [1.82, 2.24) is 0 Å². The molecule has 0 bridgehead atoms. The maximum absolute atomic E-state index is 5.95. The highest BCUT2D eigenvalue weighted by Gasteiger charge is 2.40. The van der Waals surface area contributed by atoms with E-state index in [4.69, 9.17) is 15.2 Å². The molecule has 0 aromatic heterocycles. The molecular formula is C13H18BrNO2. The van der Waals surface area contributed by atoms with Gasteiger partial charge in [-0.3, -0.25) is 0 Å². The van der Waals surface area contributed by atoms with Crippen molar-refractivity contribution < 1.29 is 9.47 Å². The lowest BCUT2D eigenvalue weighted by Crippen LogP contribution is -2.41. The fourth-order valence-corrected chi connectivity index (χ4v) is 3.08. The van der Waals surface area contributed by atoms with E-state index in [1.165, 1.54) is 12.0 Å². The zero-order valence-corrected chi connectivity index (χ0v) is 11.8. The van der Waals surface area contributed by atoms with Crippen LogP contribution < -0.4 is 15.2 Å². The molecule has 0 unspecified atom stereocenters. The van der Waals surface area contributed by atoms with Crippen molar-refractivity contribution in [2.45, 2.75) is 24.7 Å². The van der Waals surface area contributed by atoms with Crippen LogP contribution in [0.15, 0.2) is 16.6 Å². The summed E-state index contributed by atoms with van der Waals surface area (Å²) in [6, 6.07) is 3.97. The lowest BCUT2D eigenvalue weighted by atomic mass is 9.64. The predicted molar refractivity (Wildman–Crippen MR) is 71.8 cm³/mol. The first-order valence-electron chi connectivity index (χ1n) is 5.79. The molecule has 4 heteroatoms. The van der Waals surface area contributed by atoms with E-state index >= 15 is 0 Å². The second-order valence-corrected chi connectivity index (χ2v) is 5.38. The largest absolute Gasteiger partial charge is 0.497 e. The highest BCUT2D eigenvalue weighted by Crippen LogP contribution is 2.49. The van der Waals surface area contributed by atoms with Crippen molar-refractivity contribution in [3.63, 3.8) is 0 Å². The van der Waals surface area contributed by atoms with Crippen LogP contribution in [-0.4, -0.2) is 20.8 Å². The van der Waals surface area contributed by atoms with Crippen LogP contribution in [0, 0.1) is 0 Å². The van der Waals surface area contributed by atoms with E-state index in [1.807, 2.05) is 6.07 Å². The summed E-state index contributed by atoms with van der Waals surface area (Å²) in [5.74, 6) is 1.73. The van der Waals surface area contributed by atoms with Gasteiger partial charge in [-0.05, 0) is 40.9 Å². The number of halogens is 1. The van der Waals surface area contributed by atoms with Gasteiger partial charge in [0.1, 0.15) is 11.5 Å². The second kappa shape index (κ2) is 4.86. The van der Waals surface area contributed by atoms with Gasteiger partial charge in [0.05, 0.1) is 18.7 Å². The Balaban J connectivity index is 2.53. The van der Waals surface area contributed by atoms with E-state index in [2.05, 4.69) is 22.0 Å². The van der Waals surface area contributed by atoms with Gasteiger partial charge in [0.2, 0.25) is 0 Å². The van der Waals surface area contributed by atoms with E-state index in [9.17, 15) is 0 Å². The summed E-state index contributed by atoms with van der Waals surface area (Å²) in [6.45, 7) is 0.656. The quantitative estimate of drug-likeness (QED) is 0.930. The van der Waals surface area contributed by atoms with Crippen LogP contribution in [0.1, 0.15) is 24.8 Å². The van der Waals surface area contributed by atoms with E-state index < -0.39 is 0 Å². The molecule has 17 heavy (non-hydrogen) atoms. The molecule has 1 aromatic carbocycles. The molecule has 0 radical (unpaired) electrons. The van der Waals surface area contributed by atoms with Gasteiger partial charge in [-0.1, -0.05) is 6.42 Å². The summed E-state index contributed by atoms with van der Waals surface area (Å²) in [5.41, 5.74) is 7.19. The maximum Gasteiger partial charge on any atom is 0.137 e. The Hall–Kier alpha value is -0.740. The van der Waals surface area contributed by atoms with Crippen LogP contribution in [0.5, 0.6) is 11.5 Å². The highest BCUT2D eigenvalue weighted by molar-refractivity contribution is 9.10. The van der Waals surface area contributed by atoms with Gasteiger partial charge in [0.25, 0.3) is 0 Å². The standard InChI is InChI=1S/C13H18BrNO2/c1-16-9-6-10(12(17-2)11(14)7-9)13(8-15)4-3-5-13/h6-7H,3-5,8,15H2,1-2H3. The van der Waals surface area contributed by atoms with E-state index in [0.717, 1.165) is 28.8 Å². The molecule has 0 aliphatic heterocycles. The van der Waals surface area contributed by atoms with E-state index in [1.54, 1.807) is 14.2 Å². The fourth-order valence-electron chi connectivity index (χ4n) is 2.47. The number of benzene rings is 1. The van der Waals surface area contributed by atoms with Crippen LogP contribution in [0.4, 0.5) is 0 Å². The van der Waals surface area contributed by atoms with Crippen molar-refractivity contribution in [2.24, 2.45) is 5.73 Å². The van der Waals surface area contributed by atoms with Gasteiger partial charge >= 0.3 is 0 Å². The summed E-state index contributed by atoms with van der Waals surface area (Å²) in [7, 11) is 3.37. The third kappa shape index (κ3) is 2.04. The molecule has 2 N–H and O–H groups in total. The van der Waals surface area contributed by atoms with Crippen molar-refractivity contribution in [3.8, 4) is 11.5 Å². The molecule has 1 saturated carbocycles. The smallest absolute Gasteiger partial charge is 0.137 e. The van der Waals surface area contributed by atoms with Gasteiger partial charge < -0.3 is 15.2 Å². The monoisotopic (exact) mass is 299 g/mol. The number of hydrogen-bond donors (Lipinski definition) is 1. The van der Waals surface area contributed by atoms with Gasteiger partial charge in [-0.15, -0.1) is 0 Å². The number of methoxy groups -OCH3 is 2. The minimum absolute atomic E-state index is 0.0718. The lowest BCUT2D eigenvalue weighted by Gasteiger charge is -2.42. The SMILES string of the molecule is COc1cc(Br)c(OC)c(C2(CN)CCC2)c1. The minimum atomic E-state index is 0.0718. The number of nitrogens with two attached hydrogens (primary N) is 1. The highest BCUT2D eigenvalue weighted by atomic mass is 79.9. The number of rotatable bonds is 4. The molecule has 0 amide bonds. The summed E-state index contributed by atoms with van der Waals surface area (Å²) in [5, 5.41) is 0. The van der Waals surface area contributed by atoms with Crippen LogP contribution in [-0.2, 0) is 5.41 Å². The average molecular weight is 300 g/mol. The van der Waals surface area contributed by atoms with Crippen molar-refractivity contribution in [3.05, 3.63) is 22.2 Å². The molecule has 0 heterocycles. The second-order valence-electron chi connectivity index (χ2n) is 4.53. The number of ether oxygens (including phenoxy) is 2. The Labute approximate surface area is 110 Å². The maximum atomic E-state index is 5.95. The summed E-state index contributed by atoms with van der Waals surface area (Å²) >= 11 is 3.53. The minimum Gasteiger partial charge on any atom is -0.497 e. The van der Waals surface area contributed by atoms with E-state index in [0.29, 0.717) is 6.54 Å². The third-order valence-electron chi connectivity index (χ3n) is 3.73. The van der Waals surface area contributed by atoms with Crippen molar-refractivity contribution in [1.29, 1.82) is 0 Å². The molecule has 1 aliphatic rings. The van der Waals surface area contributed by atoms with Crippen LogP contribution >= 0.6 is 15.9 Å². The zero-order chi connectivity index (χ0) is 12.5. The molecule has 0 saturated heterocycles. The lowest BCUT2D eigenvalue weighted by molar-refractivity contribution is 0.242. The summed E-state index contributed by atoms with van der Waals surface area (Å²) in [4.78, 5) is 0. The third-order valence-corrected chi connectivity index (χ3v) is 4.32. The summed E-state index contributed by atoms with van der Waals surface area (Å²) in [6.07, 6.45) is 3.48. The van der Waals surface area contributed by atoms with Crippen LogP contribution in [0.25, 0.3) is 0 Å². The zero-order valence-electron chi connectivity index (χ0n) is 10.3. The van der Waals surface area contributed by atoms with E-state index in [-0.39, 0.29) is 5.41 Å². The van der Waals surface area contributed by atoms with Gasteiger partial charge in [-0.2, -0.15) is 0 Å². The molecule has 94 valence electrons. The molecule has 1 fully saturated rings. The Morgan fingerprint density at radius 3 is 2.41 bits per heavy atom. The fraction of sp³-hybridized carbons (Fsp3) is 0.538. The van der Waals surface area contributed by atoms with Gasteiger partial charge in [0.15, 0.2) is 0 Å². The first-order valence-corrected chi connectivity index (χ1v) is 6.58. The molecule has 3 nitrogen and oxygen atoms in total. The predicted octanol–water partition coefficient (Wildman–Crippen LogP) is 2.85. The Morgan fingerprint density at radius 2 is 2.00 bits per heavy atom. The van der Waals surface area contributed by atoms with Gasteiger partial charge in [-0.25, -0.2) is 0 Å². The molecule has 0 spiro atoms.